The number of hydrogen-bond acceptors (Lipinski definition) is 5. The summed E-state index contributed by atoms with van der Waals surface area (Å²) in [6, 6.07) is 5.51. The molecule has 1 atom stereocenters. The van der Waals surface area contributed by atoms with Crippen molar-refractivity contribution in [2.45, 2.75) is 31.7 Å². The fourth-order valence-electron chi connectivity index (χ4n) is 3.73. The Morgan fingerprint density at radius 2 is 1.91 bits per heavy atom. The number of rotatable bonds is 4. The molecule has 2 heterocycles. The molecule has 2 aliphatic rings. The minimum absolute atomic E-state index is 0.000520. The molecule has 1 unspecified atom stereocenters. The van der Waals surface area contributed by atoms with Gasteiger partial charge in [-0.05, 0) is 42.3 Å². The Labute approximate surface area is 191 Å². The third-order valence-corrected chi connectivity index (χ3v) is 7.54. The molecule has 12 heteroatoms. The van der Waals surface area contributed by atoms with Crippen LogP contribution in [-0.4, -0.2) is 37.6 Å². The molecule has 0 aliphatic carbocycles. The average molecular weight is 505 g/mol. The number of oxime groups is 1. The summed E-state index contributed by atoms with van der Waals surface area (Å²) in [5.74, 6) is -1.61. The van der Waals surface area contributed by atoms with Crippen LogP contribution in [0.3, 0.4) is 0 Å². The standard InChI is InChI=1S/C21H17ClF4N2O4S/c1-10-4-11(2-3-14(10)20(29)27-13-8-33(30,31)9-13)17-7-18(32-28-17)15-5-12(21(24,25)26)6-16(22)19(15)23/h2-6,13,18H,7-9H2,1H3,(H,27,29). The van der Waals surface area contributed by atoms with Crippen LogP contribution < -0.4 is 5.32 Å². The molecule has 33 heavy (non-hydrogen) atoms. The lowest BCUT2D eigenvalue weighted by Gasteiger charge is -2.26. The lowest BCUT2D eigenvalue weighted by Crippen LogP contribution is -2.53. The van der Waals surface area contributed by atoms with Gasteiger partial charge in [0.05, 0.1) is 33.8 Å². The third kappa shape index (κ3) is 4.84. The zero-order valence-electron chi connectivity index (χ0n) is 17.0. The molecular formula is C21H17ClF4N2O4S. The van der Waals surface area contributed by atoms with Crippen molar-refractivity contribution >= 4 is 33.1 Å². The highest BCUT2D eigenvalue weighted by Gasteiger charge is 2.36. The fraction of sp³-hybridized carbons (Fsp3) is 0.333. The first kappa shape index (κ1) is 23.5. The SMILES string of the molecule is Cc1cc(C2=NOC(c3cc(C(F)(F)F)cc(Cl)c3F)C2)ccc1C(=O)NC1CS(=O)(=O)C1. The van der Waals surface area contributed by atoms with Gasteiger partial charge in [0.2, 0.25) is 0 Å². The van der Waals surface area contributed by atoms with E-state index < -0.39 is 50.5 Å². The number of sulfone groups is 1. The molecular weight excluding hydrogens is 488 g/mol. The predicted octanol–water partition coefficient (Wildman–Crippen LogP) is 4.20. The molecule has 1 fully saturated rings. The number of aryl methyl sites for hydroxylation is 1. The zero-order chi connectivity index (χ0) is 24.1. The first-order valence-electron chi connectivity index (χ1n) is 9.75. The number of carbonyl (C=O) groups is 1. The number of halogens is 5. The predicted molar refractivity (Wildman–Crippen MR) is 112 cm³/mol. The van der Waals surface area contributed by atoms with E-state index in [-0.39, 0.29) is 23.5 Å². The van der Waals surface area contributed by atoms with Crippen molar-refractivity contribution in [1.29, 1.82) is 0 Å². The first-order chi connectivity index (χ1) is 15.3. The van der Waals surface area contributed by atoms with E-state index in [1.54, 1.807) is 19.1 Å². The van der Waals surface area contributed by atoms with Gasteiger partial charge in [-0.15, -0.1) is 0 Å². The molecule has 1 amide bonds. The molecule has 0 radical (unpaired) electrons. The number of hydrogen-bond donors (Lipinski definition) is 1. The molecule has 2 aliphatic heterocycles. The van der Waals surface area contributed by atoms with Crippen LogP contribution in [0.5, 0.6) is 0 Å². The monoisotopic (exact) mass is 504 g/mol. The van der Waals surface area contributed by atoms with Crippen LogP contribution in [0.2, 0.25) is 5.02 Å². The van der Waals surface area contributed by atoms with Gasteiger partial charge in [-0.3, -0.25) is 4.79 Å². The Hall–Kier alpha value is -2.66. The minimum Gasteiger partial charge on any atom is -0.387 e. The van der Waals surface area contributed by atoms with E-state index in [9.17, 15) is 30.8 Å². The van der Waals surface area contributed by atoms with Crippen LogP contribution in [-0.2, 0) is 20.9 Å². The van der Waals surface area contributed by atoms with E-state index in [4.69, 9.17) is 16.4 Å². The van der Waals surface area contributed by atoms with E-state index in [1.807, 2.05) is 0 Å². The number of nitrogens with one attached hydrogen (secondary N) is 1. The van der Waals surface area contributed by atoms with E-state index in [2.05, 4.69) is 10.5 Å². The molecule has 4 rings (SSSR count). The summed E-state index contributed by atoms with van der Waals surface area (Å²) >= 11 is 5.65. The molecule has 176 valence electrons. The van der Waals surface area contributed by atoms with Gasteiger partial charge in [0.15, 0.2) is 15.9 Å². The van der Waals surface area contributed by atoms with Gasteiger partial charge in [0, 0.05) is 17.5 Å². The molecule has 2 aromatic rings. The van der Waals surface area contributed by atoms with Gasteiger partial charge in [0.1, 0.15) is 5.82 Å². The Morgan fingerprint density at radius 3 is 2.52 bits per heavy atom. The summed E-state index contributed by atoms with van der Waals surface area (Å²) in [7, 11) is -3.07. The number of alkyl halides is 3. The van der Waals surface area contributed by atoms with Crippen molar-refractivity contribution in [2.24, 2.45) is 5.16 Å². The zero-order valence-corrected chi connectivity index (χ0v) is 18.6. The van der Waals surface area contributed by atoms with Crippen molar-refractivity contribution in [1.82, 2.24) is 5.32 Å². The average Bonchev–Trinajstić information content (AvgIpc) is 3.17. The molecule has 0 bridgehead atoms. The lowest BCUT2D eigenvalue weighted by molar-refractivity contribution is -0.137. The van der Waals surface area contributed by atoms with Gasteiger partial charge >= 0.3 is 6.18 Å². The van der Waals surface area contributed by atoms with Gasteiger partial charge in [-0.1, -0.05) is 22.8 Å². The second-order valence-electron chi connectivity index (χ2n) is 7.97. The Balaban J connectivity index is 1.49. The normalized spacial score (nSPS) is 20.1. The second-order valence-corrected chi connectivity index (χ2v) is 10.5. The third-order valence-electron chi connectivity index (χ3n) is 5.45. The summed E-state index contributed by atoms with van der Waals surface area (Å²) in [5.41, 5.74) is 0.397. The Kier molecular flexibility index (Phi) is 5.90. The molecule has 2 aromatic carbocycles. The summed E-state index contributed by atoms with van der Waals surface area (Å²) in [5, 5.41) is 5.88. The maximum atomic E-state index is 14.4. The Bertz CT molecular complexity index is 1270. The summed E-state index contributed by atoms with van der Waals surface area (Å²) in [6.45, 7) is 1.68. The lowest BCUT2D eigenvalue weighted by atomic mass is 9.96. The molecule has 0 aromatic heterocycles. The van der Waals surface area contributed by atoms with Crippen molar-refractivity contribution < 1.29 is 35.6 Å². The molecule has 0 saturated carbocycles. The number of nitrogens with zero attached hydrogens (tertiary/aromatic N) is 1. The van der Waals surface area contributed by atoms with Crippen LogP contribution in [0.4, 0.5) is 17.6 Å². The summed E-state index contributed by atoms with van der Waals surface area (Å²) < 4.78 is 76.2. The first-order valence-corrected chi connectivity index (χ1v) is 11.9. The van der Waals surface area contributed by atoms with Crippen LogP contribution >= 0.6 is 11.6 Å². The molecule has 1 N–H and O–H groups in total. The summed E-state index contributed by atoms with van der Waals surface area (Å²) in [6.07, 6.45) is -5.80. The Morgan fingerprint density at radius 1 is 1.21 bits per heavy atom. The van der Waals surface area contributed by atoms with Crippen LogP contribution in [0.15, 0.2) is 35.5 Å². The highest BCUT2D eigenvalue weighted by Crippen LogP contribution is 2.38. The summed E-state index contributed by atoms with van der Waals surface area (Å²) in [4.78, 5) is 17.6. The van der Waals surface area contributed by atoms with Crippen molar-refractivity contribution in [2.75, 3.05) is 11.5 Å². The molecule has 0 spiro atoms. The molecule has 1 saturated heterocycles. The van der Waals surface area contributed by atoms with E-state index in [1.165, 1.54) is 6.07 Å². The number of carbonyl (C=O) groups excluding carboxylic acids is 1. The maximum absolute atomic E-state index is 14.4. The number of benzene rings is 2. The maximum Gasteiger partial charge on any atom is 0.416 e. The van der Waals surface area contributed by atoms with Gasteiger partial charge < -0.3 is 10.2 Å². The minimum atomic E-state index is -4.70. The molecule has 6 nitrogen and oxygen atoms in total. The highest BCUT2D eigenvalue weighted by atomic mass is 35.5. The second kappa shape index (κ2) is 8.28. The van der Waals surface area contributed by atoms with E-state index >= 15 is 0 Å². The fourth-order valence-corrected chi connectivity index (χ4v) is 5.25. The van der Waals surface area contributed by atoms with Crippen LogP contribution in [0.25, 0.3) is 0 Å². The van der Waals surface area contributed by atoms with Crippen LogP contribution in [0.1, 0.15) is 45.1 Å². The van der Waals surface area contributed by atoms with Crippen LogP contribution in [0, 0.1) is 12.7 Å². The van der Waals surface area contributed by atoms with Crippen molar-refractivity contribution in [3.05, 3.63) is 69.0 Å². The van der Waals surface area contributed by atoms with Crippen molar-refractivity contribution in [3.8, 4) is 0 Å². The smallest absolute Gasteiger partial charge is 0.387 e. The largest absolute Gasteiger partial charge is 0.416 e. The van der Waals surface area contributed by atoms with E-state index in [0.717, 1.165) is 0 Å². The number of amides is 1. The topological polar surface area (TPSA) is 84.8 Å². The highest BCUT2D eigenvalue weighted by molar-refractivity contribution is 7.92. The van der Waals surface area contributed by atoms with Crippen molar-refractivity contribution in [3.63, 3.8) is 0 Å². The van der Waals surface area contributed by atoms with E-state index in [0.29, 0.717) is 34.5 Å². The van der Waals surface area contributed by atoms with Gasteiger partial charge in [-0.2, -0.15) is 13.2 Å². The van der Waals surface area contributed by atoms with Gasteiger partial charge in [0.25, 0.3) is 5.91 Å². The quantitative estimate of drug-likeness (QED) is 0.632. The van der Waals surface area contributed by atoms with Gasteiger partial charge in [-0.25, -0.2) is 12.8 Å².